The Labute approximate surface area is 186 Å². The van der Waals surface area contributed by atoms with Crippen molar-refractivity contribution in [1.29, 1.82) is 0 Å². The van der Waals surface area contributed by atoms with E-state index in [4.69, 9.17) is 4.74 Å². The van der Waals surface area contributed by atoms with E-state index in [0.717, 1.165) is 55.8 Å². The highest BCUT2D eigenvalue weighted by Gasteiger charge is 2.44. The van der Waals surface area contributed by atoms with Crippen molar-refractivity contribution in [3.63, 3.8) is 0 Å². The van der Waals surface area contributed by atoms with Crippen molar-refractivity contribution in [2.45, 2.75) is 62.8 Å². The molecule has 4 aliphatic heterocycles. The Kier molecular flexibility index (Phi) is 5.56. The number of carbonyl (C=O) groups excluding carboxylic acids is 4. The Morgan fingerprint density at radius 1 is 1.03 bits per heavy atom. The number of hydrogen-bond donors (Lipinski definition) is 3. The van der Waals surface area contributed by atoms with Crippen LogP contribution in [-0.4, -0.2) is 65.9 Å². The summed E-state index contributed by atoms with van der Waals surface area (Å²) in [7, 11) is 0. The van der Waals surface area contributed by atoms with Gasteiger partial charge in [0.15, 0.2) is 0 Å². The molecule has 2 atom stereocenters. The van der Waals surface area contributed by atoms with Crippen molar-refractivity contribution < 1.29 is 23.9 Å². The quantitative estimate of drug-likeness (QED) is 0.570. The van der Waals surface area contributed by atoms with Gasteiger partial charge in [-0.3, -0.25) is 29.4 Å². The summed E-state index contributed by atoms with van der Waals surface area (Å²) in [6, 6.07) is 4.25. The first-order valence-corrected chi connectivity index (χ1v) is 11.4. The summed E-state index contributed by atoms with van der Waals surface area (Å²) in [5, 5.41) is 9.01. The molecule has 5 rings (SSSR count). The number of amides is 4. The zero-order valence-corrected chi connectivity index (χ0v) is 17.9. The first-order valence-electron chi connectivity index (χ1n) is 11.4. The summed E-state index contributed by atoms with van der Waals surface area (Å²) in [5.41, 5.74) is 1.54. The number of hydrogen-bond acceptors (Lipinski definition) is 7. The van der Waals surface area contributed by atoms with Gasteiger partial charge in [-0.05, 0) is 62.9 Å². The summed E-state index contributed by atoms with van der Waals surface area (Å²) >= 11 is 0. The lowest BCUT2D eigenvalue weighted by Crippen LogP contribution is -2.54. The molecule has 1 spiro atoms. The predicted molar refractivity (Wildman–Crippen MR) is 114 cm³/mol. The zero-order chi connectivity index (χ0) is 22.3. The normalized spacial score (nSPS) is 27.2. The number of nitrogens with one attached hydrogen (secondary N) is 3. The molecule has 1 aromatic rings. The van der Waals surface area contributed by atoms with E-state index in [-0.39, 0.29) is 30.5 Å². The lowest BCUT2D eigenvalue weighted by atomic mass is 9.89. The molecule has 0 saturated carbocycles. The Balaban J connectivity index is 1.20. The number of carbonyl (C=O) groups is 4. The van der Waals surface area contributed by atoms with Crippen LogP contribution in [-0.2, 0) is 20.9 Å². The molecule has 9 heteroatoms. The molecule has 4 aliphatic rings. The number of rotatable bonds is 5. The van der Waals surface area contributed by atoms with Crippen molar-refractivity contribution in [2.24, 2.45) is 0 Å². The van der Waals surface area contributed by atoms with Gasteiger partial charge in [-0.15, -0.1) is 0 Å². The molecule has 170 valence electrons. The van der Waals surface area contributed by atoms with Crippen molar-refractivity contribution in [2.75, 3.05) is 19.6 Å². The number of nitrogens with zero attached hydrogens (tertiary/aromatic N) is 1. The summed E-state index contributed by atoms with van der Waals surface area (Å²) in [5.74, 6) is -1.94. The maximum absolute atomic E-state index is 12.9. The second kappa shape index (κ2) is 8.38. The van der Waals surface area contributed by atoms with Crippen molar-refractivity contribution in [3.8, 4) is 0 Å². The average Bonchev–Trinajstić information content (AvgIpc) is 3.27. The lowest BCUT2D eigenvalue weighted by molar-refractivity contribution is -0.136. The van der Waals surface area contributed by atoms with Crippen LogP contribution in [0.1, 0.15) is 64.8 Å². The van der Waals surface area contributed by atoms with Gasteiger partial charge < -0.3 is 15.4 Å². The number of imide groups is 2. The molecule has 0 bridgehead atoms. The zero-order valence-electron chi connectivity index (χ0n) is 17.9. The Bertz CT molecular complexity index is 971. The standard InChI is InChI=1S/C23H28N4O5/c28-19-4-3-18(20(29)26-19)27-21(30)16-2-1-14(11-17(16)22(27)31)12-25-13-15-5-6-23(32-15)7-9-24-10-8-23/h1-2,11,15,18,24-25H,3-10,12-13H2,(H,26,28,29). The van der Waals surface area contributed by atoms with Crippen LogP contribution in [0.4, 0.5) is 0 Å². The van der Waals surface area contributed by atoms with Crippen LogP contribution in [0.3, 0.4) is 0 Å². The third-order valence-corrected chi connectivity index (χ3v) is 7.06. The van der Waals surface area contributed by atoms with Gasteiger partial charge in [-0.25, -0.2) is 0 Å². The third kappa shape index (κ3) is 3.85. The molecular weight excluding hydrogens is 412 g/mol. The maximum atomic E-state index is 12.9. The van der Waals surface area contributed by atoms with Gasteiger partial charge in [0.25, 0.3) is 11.8 Å². The van der Waals surface area contributed by atoms with E-state index in [9.17, 15) is 19.2 Å². The smallest absolute Gasteiger partial charge is 0.262 e. The van der Waals surface area contributed by atoms with Crippen LogP contribution >= 0.6 is 0 Å². The highest BCUT2D eigenvalue weighted by atomic mass is 16.5. The monoisotopic (exact) mass is 440 g/mol. The molecule has 3 N–H and O–H groups in total. The summed E-state index contributed by atoms with van der Waals surface area (Å²) < 4.78 is 6.36. The lowest BCUT2D eigenvalue weighted by Gasteiger charge is -2.33. The number of piperidine rings is 2. The highest BCUT2D eigenvalue weighted by Crippen LogP contribution is 2.37. The first kappa shape index (κ1) is 21.2. The van der Waals surface area contributed by atoms with Gasteiger partial charge in [0.05, 0.1) is 22.8 Å². The fourth-order valence-electron chi connectivity index (χ4n) is 5.30. The Hall–Kier alpha value is -2.62. The summed E-state index contributed by atoms with van der Waals surface area (Å²) in [6.07, 6.45) is 4.73. The van der Waals surface area contributed by atoms with E-state index in [1.54, 1.807) is 12.1 Å². The Morgan fingerprint density at radius 2 is 1.81 bits per heavy atom. The minimum absolute atomic E-state index is 0.0391. The predicted octanol–water partition coefficient (Wildman–Crippen LogP) is 0.479. The van der Waals surface area contributed by atoms with Crippen molar-refractivity contribution >= 4 is 23.6 Å². The molecule has 4 amide bonds. The number of ether oxygens (including phenoxy) is 1. The van der Waals surface area contributed by atoms with Crippen LogP contribution in [0.5, 0.6) is 0 Å². The molecule has 9 nitrogen and oxygen atoms in total. The second-order valence-corrected chi connectivity index (χ2v) is 9.17. The minimum Gasteiger partial charge on any atom is -0.370 e. The molecule has 0 radical (unpaired) electrons. The van der Waals surface area contributed by atoms with E-state index in [1.165, 1.54) is 0 Å². The molecule has 1 aromatic carbocycles. The topological polar surface area (TPSA) is 117 Å². The molecule has 3 fully saturated rings. The van der Waals surface area contributed by atoms with Gasteiger partial charge in [0.2, 0.25) is 11.8 Å². The molecule has 2 unspecified atom stereocenters. The van der Waals surface area contributed by atoms with Gasteiger partial charge in [-0.1, -0.05) is 6.07 Å². The summed E-state index contributed by atoms with van der Waals surface area (Å²) in [4.78, 5) is 50.3. The first-order chi connectivity index (χ1) is 15.5. The van der Waals surface area contributed by atoms with Crippen LogP contribution in [0, 0.1) is 0 Å². The molecular formula is C23H28N4O5. The van der Waals surface area contributed by atoms with Crippen LogP contribution in [0.15, 0.2) is 18.2 Å². The van der Waals surface area contributed by atoms with E-state index in [0.29, 0.717) is 17.7 Å². The summed E-state index contributed by atoms with van der Waals surface area (Å²) in [6.45, 7) is 3.32. The molecule has 4 heterocycles. The molecule has 0 aliphatic carbocycles. The van der Waals surface area contributed by atoms with Crippen molar-refractivity contribution in [1.82, 2.24) is 20.9 Å². The molecule has 32 heavy (non-hydrogen) atoms. The van der Waals surface area contributed by atoms with Gasteiger partial charge in [-0.2, -0.15) is 0 Å². The fourth-order valence-corrected chi connectivity index (χ4v) is 5.30. The Morgan fingerprint density at radius 3 is 2.59 bits per heavy atom. The number of benzene rings is 1. The third-order valence-electron chi connectivity index (χ3n) is 7.06. The second-order valence-electron chi connectivity index (χ2n) is 9.17. The van der Waals surface area contributed by atoms with Crippen LogP contribution in [0.2, 0.25) is 0 Å². The SMILES string of the molecule is O=C1CCC(N2C(=O)c3ccc(CNCC4CCC5(CCNCC5)O4)cc3C2=O)C(=O)N1. The van der Waals surface area contributed by atoms with Crippen LogP contribution in [0.25, 0.3) is 0 Å². The minimum atomic E-state index is -0.941. The van der Waals surface area contributed by atoms with Crippen molar-refractivity contribution in [3.05, 3.63) is 34.9 Å². The van der Waals surface area contributed by atoms with E-state index in [1.807, 2.05) is 6.07 Å². The number of fused-ring (bicyclic) bond motifs is 1. The average molecular weight is 441 g/mol. The largest absolute Gasteiger partial charge is 0.370 e. The van der Waals surface area contributed by atoms with Gasteiger partial charge >= 0.3 is 0 Å². The van der Waals surface area contributed by atoms with E-state index >= 15 is 0 Å². The van der Waals surface area contributed by atoms with Gasteiger partial charge in [0, 0.05) is 19.5 Å². The van der Waals surface area contributed by atoms with E-state index < -0.39 is 23.8 Å². The highest BCUT2D eigenvalue weighted by molar-refractivity contribution is 6.23. The fraction of sp³-hybridized carbons (Fsp3) is 0.565. The van der Waals surface area contributed by atoms with Gasteiger partial charge in [0.1, 0.15) is 6.04 Å². The van der Waals surface area contributed by atoms with E-state index in [2.05, 4.69) is 16.0 Å². The molecule has 0 aromatic heterocycles. The van der Waals surface area contributed by atoms with Crippen LogP contribution < -0.4 is 16.0 Å². The molecule has 3 saturated heterocycles. The maximum Gasteiger partial charge on any atom is 0.262 e.